The second-order valence-corrected chi connectivity index (χ2v) is 8.15. The van der Waals surface area contributed by atoms with Crippen LogP contribution < -0.4 is 0 Å². The molecule has 3 rings (SSSR count). The topological polar surface area (TPSA) is 58.1 Å². The van der Waals surface area contributed by atoms with E-state index in [-0.39, 0.29) is 0 Å². The summed E-state index contributed by atoms with van der Waals surface area (Å²) in [7, 11) is -1.17. The Kier molecular flexibility index (Phi) is 3.67. The zero-order valence-corrected chi connectivity index (χ0v) is 13.8. The van der Waals surface area contributed by atoms with E-state index in [9.17, 15) is 8.42 Å². The van der Waals surface area contributed by atoms with Crippen LogP contribution in [0, 0.1) is 4.77 Å². The van der Waals surface area contributed by atoms with Gasteiger partial charge in [-0.15, -0.1) is 0 Å². The van der Waals surface area contributed by atoms with Crippen molar-refractivity contribution < 1.29 is 8.42 Å². The number of aromatic amines is 1. The molecule has 1 unspecified atom stereocenters. The first-order valence-corrected chi connectivity index (χ1v) is 9.30. The van der Waals surface area contributed by atoms with E-state index in [4.69, 9.17) is 12.2 Å². The molecule has 7 heteroatoms. The maximum Gasteiger partial charge on any atom is 0.178 e. The van der Waals surface area contributed by atoms with Gasteiger partial charge in [-0.1, -0.05) is 6.07 Å². The largest absolute Gasteiger partial charge is 0.329 e. The third-order valence-corrected chi connectivity index (χ3v) is 5.52. The summed E-state index contributed by atoms with van der Waals surface area (Å²) in [5.74, 6) is 0. The van der Waals surface area contributed by atoms with Crippen molar-refractivity contribution in [1.29, 1.82) is 0 Å². The average Bonchev–Trinajstić information content (AvgIpc) is 2.73. The monoisotopic (exact) mass is 325 g/mol. The van der Waals surface area contributed by atoms with Crippen LogP contribution in [-0.2, 0) is 9.84 Å². The lowest BCUT2D eigenvalue weighted by Gasteiger charge is -2.30. The highest BCUT2D eigenvalue weighted by molar-refractivity contribution is 7.91. The summed E-state index contributed by atoms with van der Waals surface area (Å²) in [6, 6.07) is 5.63. The van der Waals surface area contributed by atoms with Crippen molar-refractivity contribution in [3.63, 3.8) is 0 Å². The maximum absolute atomic E-state index is 11.9. The lowest BCUT2D eigenvalue weighted by atomic mass is 10.1. The van der Waals surface area contributed by atoms with Crippen molar-refractivity contribution in [2.24, 2.45) is 0 Å². The predicted octanol–water partition coefficient (Wildman–Crippen LogP) is 2.37. The molecule has 1 atom stereocenters. The smallest absolute Gasteiger partial charge is 0.178 e. The first kappa shape index (κ1) is 14.7. The highest BCUT2D eigenvalue weighted by Crippen LogP contribution is 2.29. The second kappa shape index (κ2) is 5.23. The molecule has 0 saturated carbocycles. The third kappa shape index (κ3) is 2.65. The molecule has 0 aliphatic carbocycles. The van der Waals surface area contributed by atoms with Crippen LogP contribution in [0.2, 0.25) is 0 Å². The van der Waals surface area contributed by atoms with Crippen LogP contribution in [0.15, 0.2) is 23.1 Å². The number of likely N-dealkylation sites (N-methyl/N-ethyl adjacent to an activating group) is 1. The molecule has 5 nitrogen and oxygen atoms in total. The zero-order valence-electron chi connectivity index (χ0n) is 12.2. The Morgan fingerprint density at radius 3 is 2.81 bits per heavy atom. The van der Waals surface area contributed by atoms with Gasteiger partial charge in [0.2, 0.25) is 0 Å². The van der Waals surface area contributed by atoms with Crippen LogP contribution in [0.4, 0.5) is 0 Å². The second-order valence-electron chi connectivity index (χ2n) is 5.78. The fourth-order valence-electron chi connectivity index (χ4n) is 3.14. The minimum Gasteiger partial charge on any atom is -0.329 e. The molecule has 0 spiro atoms. The first-order valence-electron chi connectivity index (χ1n) is 7.00. The third-order valence-electron chi connectivity index (χ3n) is 4.08. The molecule has 0 bridgehead atoms. The van der Waals surface area contributed by atoms with E-state index < -0.39 is 9.84 Å². The van der Waals surface area contributed by atoms with Crippen LogP contribution in [0.3, 0.4) is 0 Å². The number of sulfone groups is 1. The summed E-state index contributed by atoms with van der Waals surface area (Å²) in [5.41, 5.74) is 1.50. The molecule has 2 aromatic rings. The molecular formula is C14H19N3O2S2. The standard InChI is InChI=1S/C14H19N3O2S2/c1-16-8-4-5-10(9-16)17-11-6-3-7-12(21(2,18)19)13(11)15-14(17)20/h3,6-7,10H,4-5,8-9H2,1-2H3,(H,15,20). The van der Waals surface area contributed by atoms with Gasteiger partial charge >= 0.3 is 0 Å². The summed E-state index contributed by atoms with van der Waals surface area (Å²) < 4.78 is 26.5. The van der Waals surface area contributed by atoms with Crippen molar-refractivity contribution >= 4 is 33.1 Å². The number of nitrogens with one attached hydrogen (secondary N) is 1. The molecule has 1 aromatic carbocycles. The van der Waals surface area contributed by atoms with E-state index >= 15 is 0 Å². The van der Waals surface area contributed by atoms with Gasteiger partial charge in [-0.2, -0.15) is 0 Å². The number of imidazole rings is 1. The molecule has 1 aliphatic rings. The summed E-state index contributed by atoms with van der Waals surface area (Å²) in [6.45, 7) is 2.03. The van der Waals surface area contributed by atoms with Gasteiger partial charge in [0.1, 0.15) is 0 Å². The van der Waals surface area contributed by atoms with Crippen LogP contribution in [0.1, 0.15) is 18.9 Å². The number of benzene rings is 1. The van der Waals surface area contributed by atoms with Gasteiger partial charge in [-0.25, -0.2) is 8.42 Å². The molecule has 1 aliphatic heterocycles. The summed E-state index contributed by atoms with van der Waals surface area (Å²) in [5, 5.41) is 0. The van der Waals surface area contributed by atoms with Crippen LogP contribution in [0.25, 0.3) is 11.0 Å². The molecule has 1 N–H and O–H groups in total. The number of nitrogens with zero attached hydrogens (tertiary/aromatic N) is 2. The molecule has 2 heterocycles. The quantitative estimate of drug-likeness (QED) is 0.861. The number of aromatic nitrogens is 2. The van der Waals surface area contributed by atoms with Crippen molar-refractivity contribution in [3.05, 3.63) is 23.0 Å². The Morgan fingerprint density at radius 1 is 1.38 bits per heavy atom. The minimum absolute atomic E-state index is 0.291. The minimum atomic E-state index is -3.28. The number of hydrogen-bond acceptors (Lipinski definition) is 4. The van der Waals surface area contributed by atoms with Crippen molar-refractivity contribution in [3.8, 4) is 0 Å². The van der Waals surface area contributed by atoms with E-state index in [1.165, 1.54) is 6.26 Å². The zero-order chi connectivity index (χ0) is 15.2. The van der Waals surface area contributed by atoms with Gasteiger partial charge in [0.25, 0.3) is 0 Å². The normalized spacial score (nSPS) is 21.0. The van der Waals surface area contributed by atoms with Gasteiger partial charge in [-0.3, -0.25) is 0 Å². The van der Waals surface area contributed by atoms with E-state index in [1.54, 1.807) is 12.1 Å². The summed E-state index contributed by atoms with van der Waals surface area (Å²) in [4.78, 5) is 5.70. The van der Waals surface area contributed by atoms with Gasteiger partial charge in [-0.05, 0) is 50.8 Å². The predicted molar refractivity (Wildman–Crippen MR) is 86.0 cm³/mol. The Bertz CT molecular complexity index is 836. The van der Waals surface area contributed by atoms with Crippen molar-refractivity contribution in [2.75, 3.05) is 26.4 Å². The summed E-state index contributed by atoms with van der Waals surface area (Å²) in [6.07, 6.45) is 3.42. The molecule has 1 aromatic heterocycles. The van der Waals surface area contributed by atoms with Crippen LogP contribution in [-0.4, -0.2) is 49.3 Å². The number of para-hydroxylation sites is 1. The Labute approximate surface area is 129 Å². The number of likely N-dealkylation sites (tertiary alicyclic amines) is 1. The van der Waals surface area contributed by atoms with Crippen molar-refractivity contribution in [2.45, 2.75) is 23.8 Å². The number of hydrogen-bond donors (Lipinski definition) is 1. The highest BCUT2D eigenvalue weighted by atomic mass is 32.2. The van der Waals surface area contributed by atoms with E-state index in [0.717, 1.165) is 31.4 Å². The number of fused-ring (bicyclic) bond motifs is 1. The van der Waals surface area contributed by atoms with Crippen LogP contribution >= 0.6 is 12.2 Å². The van der Waals surface area contributed by atoms with Gasteiger partial charge in [0.15, 0.2) is 14.6 Å². The maximum atomic E-state index is 11.9. The Morgan fingerprint density at radius 2 is 2.14 bits per heavy atom. The lowest BCUT2D eigenvalue weighted by molar-refractivity contribution is 0.214. The van der Waals surface area contributed by atoms with Gasteiger partial charge in [0, 0.05) is 18.8 Å². The van der Waals surface area contributed by atoms with Gasteiger partial charge in [0.05, 0.1) is 15.9 Å². The molecule has 1 saturated heterocycles. The molecule has 114 valence electrons. The average molecular weight is 325 g/mol. The number of H-pyrrole nitrogens is 1. The van der Waals surface area contributed by atoms with Crippen molar-refractivity contribution in [1.82, 2.24) is 14.5 Å². The van der Waals surface area contributed by atoms with Crippen LogP contribution in [0.5, 0.6) is 0 Å². The molecule has 1 fully saturated rings. The molecule has 0 amide bonds. The number of rotatable bonds is 2. The lowest BCUT2D eigenvalue weighted by Crippen LogP contribution is -2.33. The van der Waals surface area contributed by atoms with Gasteiger partial charge < -0.3 is 14.5 Å². The molecular weight excluding hydrogens is 306 g/mol. The molecule has 21 heavy (non-hydrogen) atoms. The fourth-order valence-corrected chi connectivity index (χ4v) is 4.35. The fraction of sp³-hybridized carbons (Fsp3) is 0.500. The van der Waals surface area contributed by atoms with E-state index in [0.29, 0.717) is 21.2 Å². The number of piperidine rings is 1. The molecule has 0 radical (unpaired) electrons. The van der Waals surface area contributed by atoms with E-state index in [1.807, 2.05) is 6.07 Å². The highest BCUT2D eigenvalue weighted by Gasteiger charge is 2.23. The summed E-state index contributed by atoms with van der Waals surface area (Å²) >= 11 is 5.45. The first-order chi connectivity index (χ1) is 9.88. The van der Waals surface area contributed by atoms with E-state index in [2.05, 4.69) is 21.5 Å². The SMILES string of the molecule is CN1CCCC(n2c(=S)[nH]c3c(S(C)(=O)=O)cccc32)C1. The Hall–Kier alpha value is -1.18. The Balaban J connectivity index is 2.21.